The van der Waals surface area contributed by atoms with Crippen LogP contribution in [0.3, 0.4) is 0 Å². The zero-order chi connectivity index (χ0) is 16.3. The molecule has 0 saturated carbocycles. The van der Waals surface area contributed by atoms with Crippen molar-refractivity contribution in [3.05, 3.63) is 22.7 Å². The van der Waals surface area contributed by atoms with E-state index in [1.54, 1.807) is 20.3 Å². The highest BCUT2D eigenvalue weighted by atomic mass is 35.5. The van der Waals surface area contributed by atoms with E-state index in [0.29, 0.717) is 36.2 Å². The third-order valence-electron chi connectivity index (χ3n) is 3.94. The van der Waals surface area contributed by atoms with E-state index in [1.807, 2.05) is 25.1 Å². The second-order valence-electron chi connectivity index (χ2n) is 6.22. The van der Waals surface area contributed by atoms with Gasteiger partial charge in [0.25, 0.3) is 0 Å². The van der Waals surface area contributed by atoms with Gasteiger partial charge in [0.15, 0.2) is 11.5 Å². The van der Waals surface area contributed by atoms with Crippen LogP contribution in [0.15, 0.2) is 12.1 Å². The van der Waals surface area contributed by atoms with Crippen molar-refractivity contribution in [3.8, 4) is 11.5 Å². The first-order chi connectivity index (χ1) is 10.4. The van der Waals surface area contributed by atoms with Crippen LogP contribution in [0.5, 0.6) is 11.5 Å². The van der Waals surface area contributed by atoms with Crippen molar-refractivity contribution in [2.45, 2.75) is 18.6 Å². The van der Waals surface area contributed by atoms with Gasteiger partial charge in [0.05, 0.1) is 19.8 Å². The average molecular weight is 329 g/mol. The number of nitrogens with zero attached hydrogens (tertiary/aromatic N) is 2. The van der Waals surface area contributed by atoms with Gasteiger partial charge < -0.3 is 19.5 Å². The maximum atomic E-state index is 10.6. The van der Waals surface area contributed by atoms with Gasteiger partial charge in [-0.05, 0) is 26.6 Å². The molecule has 1 aromatic rings. The van der Waals surface area contributed by atoms with E-state index in [9.17, 15) is 5.11 Å². The molecule has 0 aromatic heterocycles. The molecular formula is C16H25ClN2O3. The van der Waals surface area contributed by atoms with Crippen molar-refractivity contribution in [1.29, 1.82) is 0 Å². The fourth-order valence-electron chi connectivity index (χ4n) is 3.16. The van der Waals surface area contributed by atoms with Gasteiger partial charge in [0.1, 0.15) is 0 Å². The van der Waals surface area contributed by atoms with Gasteiger partial charge in [0.2, 0.25) is 0 Å². The number of β-amino-alcohol motifs (C(OH)–C–C–N with tert-alkyl or cyclic N) is 1. The predicted molar refractivity (Wildman–Crippen MR) is 88.0 cm³/mol. The monoisotopic (exact) mass is 328 g/mol. The van der Waals surface area contributed by atoms with Crippen LogP contribution in [-0.2, 0) is 6.54 Å². The minimum absolute atomic E-state index is 0.621. The number of halogens is 1. The Labute approximate surface area is 137 Å². The molecule has 0 radical (unpaired) electrons. The van der Waals surface area contributed by atoms with Crippen LogP contribution in [0.2, 0.25) is 5.02 Å². The molecule has 1 saturated heterocycles. The van der Waals surface area contributed by atoms with Crippen molar-refractivity contribution in [3.63, 3.8) is 0 Å². The lowest BCUT2D eigenvalue weighted by molar-refractivity contribution is 0.0239. The number of aliphatic hydroxyl groups is 1. The number of hydrogen-bond acceptors (Lipinski definition) is 5. The average Bonchev–Trinajstić information content (AvgIpc) is 2.78. The summed E-state index contributed by atoms with van der Waals surface area (Å²) in [5.74, 6) is 1.34. The number of rotatable bonds is 6. The van der Waals surface area contributed by atoms with E-state index in [4.69, 9.17) is 21.1 Å². The Morgan fingerprint density at radius 2 is 2.05 bits per heavy atom. The zero-order valence-corrected chi connectivity index (χ0v) is 14.5. The van der Waals surface area contributed by atoms with Gasteiger partial charge in [-0.2, -0.15) is 0 Å². The van der Waals surface area contributed by atoms with Crippen molar-refractivity contribution >= 4 is 11.6 Å². The summed E-state index contributed by atoms with van der Waals surface area (Å²) in [6.07, 6.45) is 0.769. The summed E-state index contributed by atoms with van der Waals surface area (Å²) in [7, 11) is 7.18. The minimum Gasteiger partial charge on any atom is -0.493 e. The van der Waals surface area contributed by atoms with Crippen LogP contribution in [0.4, 0.5) is 0 Å². The Hall–Kier alpha value is -1.01. The van der Waals surface area contributed by atoms with E-state index < -0.39 is 5.60 Å². The van der Waals surface area contributed by atoms with Crippen LogP contribution in [-0.4, -0.2) is 68.5 Å². The van der Waals surface area contributed by atoms with Crippen molar-refractivity contribution < 1.29 is 14.6 Å². The Balaban J connectivity index is 2.13. The van der Waals surface area contributed by atoms with Gasteiger partial charge in [-0.1, -0.05) is 11.6 Å². The molecule has 1 atom stereocenters. The number of benzene rings is 1. The Morgan fingerprint density at radius 1 is 1.32 bits per heavy atom. The zero-order valence-electron chi connectivity index (χ0n) is 13.7. The number of hydrogen-bond donors (Lipinski definition) is 1. The van der Waals surface area contributed by atoms with E-state index in [0.717, 1.165) is 18.5 Å². The first-order valence-corrected chi connectivity index (χ1v) is 7.74. The minimum atomic E-state index is -0.653. The van der Waals surface area contributed by atoms with E-state index in [2.05, 4.69) is 4.90 Å². The van der Waals surface area contributed by atoms with Gasteiger partial charge in [0, 0.05) is 42.8 Å². The summed E-state index contributed by atoms with van der Waals surface area (Å²) < 4.78 is 10.8. The molecule has 0 bridgehead atoms. The van der Waals surface area contributed by atoms with Crippen LogP contribution in [0.1, 0.15) is 12.0 Å². The summed E-state index contributed by atoms with van der Waals surface area (Å²) in [5.41, 5.74) is 0.320. The lowest BCUT2D eigenvalue weighted by atomic mass is 10.0. The molecule has 6 heteroatoms. The van der Waals surface area contributed by atoms with Gasteiger partial charge in [-0.15, -0.1) is 0 Å². The highest BCUT2D eigenvalue weighted by Gasteiger charge is 2.36. The SMILES string of the molecule is COc1cc(Cl)cc(CN2CCC(O)(CN(C)C)C2)c1OC. The van der Waals surface area contributed by atoms with Crippen molar-refractivity contribution in [1.82, 2.24) is 9.80 Å². The summed E-state index contributed by atoms with van der Waals surface area (Å²) in [4.78, 5) is 4.24. The van der Waals surface area contributed by atoms with Crippen molar-refractivity contribution in [2.75, 3.05) is 47.9 Å². The predicted octanol–water partition coefficient (Wildman–Crippen LogP) is 1.86. The van der Waals surface area contributed by atoms with Gasteiger partial charge in [-0.3, -0.25) is 4.90 Å². The third-order valence-corrected chi connectivity index (χ3v) is 4.15. The smallest absolute Gasteiger partial charge is 0.165 e. The topological polar surface area (TPSA) is 45.2 Å². The molecule has 1 aliphatic rings. The van der Waals surface area contributed by atoms with Crippen molar-refractivity contribution in [2.24, 2.45) is 0 Å². The Bertz CT molecular complexity index is 524. The number of likely N-dealkylation sites (tertiary alicyclic amines) is 1. The maximum absolute atomic E-state index is 10.6. The Morgan fingerprint density at radius 3 is 2.64 bits per heavy atom. The lowest BCUT2D eigenvalue weighted by Crippen LogP contribution is -2.42. The summed E-state index contributed by atoms with van der Waals surface area (Å²) in [6, 6.07) is 3.64. The molecule has 22 heavy (non-hydrogen) atoms. The molecule has 124 valence electrons. The molecule has 0 aliphatic carbocycles. The molecule has 2 rings (SSSR count). The molecule has 0 amide bonds. The molecule has 5 nitrogen and oxygen atoms in total. The fourth-order valence-corrected chi connectivity index (χ4v) is 3.39. The van der Waals surface area contributed by atoms with Gasteiger partial charge in [-0.25, -0.2) is 0 Å². The molecule has 0 spiro atoms. The summed E-state index contributed by atoms with van der Waals surface area (Å²) in [6.45, 7) is 2.83. The van der Waals surface area contributed by atoms with Crippen LogP contribution >= 0.6 is 11.6 Å². The summed E-state index contributed by atoms with van der Waals surface area (Å²) >= 11 is 6.16. The normalized spacial score (nSPS) is 22.3. The van der Waals surface area contributed by atoms with Gasteiger partial charge >= 0.3 is 0 Å². The molecule has 1 heterocycles. The van der Waals surface area contributed by atoms with Crippen LogP contribution in [0.25, 0.3) is 0 Å². The quantitative estimate of drug-likeness (QED) is 0.863. The van der Waals surface area contributed by atoms with E-state index >= 15 is 0 Å². The number of ether oxygens (including phenoxy) is 2. The van der Waals surface area contributed by atoms with Crippen LogP contribution in [0, 0.1) is 0 Å². The second kappa shape index (κ2) is 7.04. The largest absolute Gasteiger partial charge is 0.493 e. The lowest BCUT2D eigenvalue weighted by Gasteiger charge is -2.27. The molecular weight excluding hydrogens is 304 g/mol. The highest BCUT2D eigenvalue weighted by molar-refractivity contribution is 6.30. The van der Waals surface area contributed by atoms with E-state index in [1.165, 1.54) is 0 Å². The maximum Gasteiger partial charge on any atom is 0.165 e. The second-order valence-corrected chi connectivity index (χ2v) is 6.66. The molecule has 1 aromatic carbocycles. The number of likely N-dealkylation sites (N-methyl/N-ethyl adjacent to an activating group) is 1. The fraction of sp³-hybridized carbons (Fsp3) is 0.625. The number of methoxy groups -OCH3 is 2. The standard InChI is InChI=1S/C16H25ClN2O3/c1-18(2)10-16(20)5-6-19(11-16)9-12-7-13(17)8-14(21-3)15(12)22-4/h7-8,20H,5-6,9-11H2,1-4H3. The molecule has 1 fully saturated rings. The Kier molecular flexibility index (Phi) is 5.55. The molecule has 1 aliphatic heterocycles. The summed E-state index contributed by atoms with van der Waals surface area (Å²) in [5, 5.41) is 11.2. The molecule has 1 unspecified atom stereocenters. The first kappa shape index (κ1) is 17.3. The highest BCUT2D eigenvalue weighted by Crippen LogP contribution is 2.36. The molecule has 1 N–H and O–H groups in total. The third kappa shape index (κ3) is 4.04. The van der Waals surface area contributed by atoms with Crippen LogP contribution < -0.4 is 9.47 Å². The first-order valence-electron chi connectivity index (χ1n) is 7.37. The van der Waals surface area contributed by atoms with E-state index in [-0.39, 0.29) is 0 Å².